The highest BCUT2D eigenvalue weighted by Gasteiger charge is 2.39. The summed E-state index contributed by atoms with van der Waals surface area (Å²) in [5, 5.41) is 10.7. The summed E-state index contributed by atoms with van der Waals surface area (Å²) in [6.07, 6.45) is 0.0345. The van der Waals surface area contributed by atoms with E-state index < -0.39 is 11.7 Å². The maximum Gasteiger partial charge on any atom is 0.229 e. The zero-order valence-electron chi connectivity index (χ0n) is 14.9. The van der Waals surface area contributed by atoms with Crippen molar-refractivity contribution in [3.63, 3.8) is 0 Å². The van der Waals surface area contributed by atoms with Crippen molar-refractivity contribution in [2.24, 2.45) is 0 Å². The Morgan fingerprint density at radius 2 is 2.00 bits per heavy atom. The smallest absolute Gasteiger partial charge is 0.229 e. The fraction of sp³-hybridized carbons (Fsp3) is 0.238. The van der Waals surface area contributed by atoms with Gasteiger partial charge in [-0.2, -0.15) is 5.26 Å². The lowest BCUT2D eigenvalue weighted by molar-refractivity contribution is -0.131. The van der Waals surface area contributed by atoms with Crippen molar-refractivity contribution in [1.82, 2.24) is 9.80 Å². The van der Waals surface area contributed by atoms with Crippen molar-refractivity contribution in [1.29, 1.82) is 5.26 Å². The van der Waals surface area contributed by atoms with E-state index in [2.05, 4.69) is 11.0 Å². The predicted molar refractivity (Wildman–Crippen MR) is 108 cm³/mol. The van der Waals surface area contributed by atoms with E-state index in [1.54, 1.807) is 11.0 Å². The summed E-state index contributed by atoms with van der Waals surface area (Å²) >= 11 is 7.65. The highest BCUT2D eigenvalue weighted by Crippen LogP contribution is 2.44. The highest BCUT2D eigenvalue weighted by molar-refractivity contribution is 8.03. The maximum atomic E-state index is 14.4. The van der Waals surface area contributed by atoms with Crippen LogP contribution in [0.5, 0.6) is 0 Å². The molecule has 1 fully saturated rings. The Hall–Kier alpha value is -2.33. The minimum absolute atomic E-state index is 0.0345. The van der Waals surface area contributed by atoms with Gasteiger partial charge in [-0.3, -0.25) is 14.6 Å². The average Bonchev–Trinajstić information content (AvgIpc) is 2.69. The predicted octanol–water partition coefficient (Wildman–Crippen LogP) is 4.69. The fourth-order valence-electron chi connectivity index (χ4n) is 3.64. The van der Waals surface area contributed by atoms with Crippen molar-refractivity contribution in [3.8, 4) is 6.07 Å². The first-order valence-electron chi connectivity index (χ1n) is 8.86. The lowest BCUT2D eigenvalue weighted by Crippen LogP contribution is -2.47. The molecule has 1 atom stereocenters. The number of rotatable bonds is 3. The molecule has 0 N–H and O–H groups in total. The number of carbonyl (C=O) groups is 1. The third-order valence-electron chi connectivity index (χ3n) is 4.95. The molecule has 4 rings (SSSR count). The lowest BCUT2D eigenvalue weighted by atomic mass is 9.86. The lowest BCUT2D eigenvalue weighted by Gasteiger charge is -2.41. The van der Waals surface area contributed by atoms with Gasteiger partial charge in [0.2, 0.25) is 5.91 Å². The van der Waals surface area contributed by atoms with Crippen LogP contribution < -0.4 is 0 Å². The molecular weight excluding hydrogens is 397 g/mol. The summed E-state index contributed by atoms with van der Waals surface area (Å²) in [5.74, 6) is -0.607. The van der Waals surface area contributed by atoms with Gasteiger partial charge in [-0.25, -0.2) is 4.39 Å². The Labute approximate surface area is 172 Å². The summed E-state index contributed by atoms with van der Waals surface area (Å²) in [5.41, 5.74) is 1.81. The minimum atomic E-state index is -0.648. The van der Waals surface area contributed by atoms with Crippen molar-refractivity contribution < 1.29 is 9.18 Å². The highest BCUT2D eigenvalue weighted by atomic mass is 35.5. The third kappa shape index (κ3) is 3.53. The molecule has 28 heavy (non-hydrogen) atoms. The molecule has 2 aliphatic heterocycles. The average molecular weight is 414 g/mol. The number of hydrogen-bond donors (Lipinski definition) is 0. The van der Waals surface area contributed by atoms with E-state index in [1.165, 1.54) is 23.9 Å². The van der Waals surface area contributed by atoms with Crippen LogP contribution in [-0.4, -0.2) is 28.3 Å². The van der Waals surface area contributed by atoms with Gasteiger partial charge in [0, 0.05) is 29.5 Å². The van der Waals surface area contributed by atoms with Crippen molar-refractivity contribution in [2.75, 3.05) is 12.5 Å². The molecule has 142 valence electrons. The van der Waals surface area contributed by atoms with Gasteiger partial charge in [0.05, 0.1) is 29.2 Å². The summed E-state index contributed by atoms with van der Waals surface area (Å²) < 4.78 is 14.4. The van der Waals surface area contributed by atoms with Gasteiger partial charge in [0.25, 0.3) is 0 Å². The summed E-state index contributed by atoms with van der Waals surface area (Å²) in [7, 11) is 0. The first kappa shape index (κ1) is 19.0. The van der Waals surface area contributed by atoms with Crippen molar-refractivity contribution >= 4 is 29.3 Å². The monoisotopic (exact) mass is 413 g/mol. The maximum absolute atomic E-state index is 14.4. The van der Waals surface area contributed by atoms with Crippen LogP contribution in [0.2, 0.25) is 5.02 Å². The van der Waals surface area contributed by atoms with Gasteiger partial charge < -0.3 is 0 Å². The molecule has 2 aromatic carbocycles. The Kier molecular flexibility index (Phi) is 5.40. The first-order chi connectivity index (χ1) is 13.6. The van der Waals surface area contributed by atoms with Crippen molar-refractivity contribution in [2.45, 2.75) is 18.9 Å². The van der Waals surface area contributed by atoms with Crippen LogP contribution in [0.25, 0.3) is 0 Å². The van der Waals surface area contributed by atoms with E-state index in [0.29, 0.717) is 23.1 Å². The molecule has 0 saturated carbocycles. The van der Waals surface area contributed by atoms with Crippen LogP contribution in [0.4, 0.5) is 4.39 Å². The molecule has 1 saturated heterocycles. The largest absolute Gasteiger partial charge is 0.292 e. The number of nitrogens with zero attached hydrogens (tertiary/aromatic N) is 3. The number of carbonyl (C=O) groups excluding carboxylic acids is 1. The molecule has 0 bridgehead atoms. The summed E-state index contributed by atoms with van der Waals surface area (Å²) in [4.78, 5) is 16.7. The van der Waals surface area contributed by atoms with Gasteiger partial charge in [-0.05, 0) is 17.7 Å². The van der Waals surface area contributed by atoms with Gasteiger partial charge in [0.1, 0.15) is 5.82 Å². The van der Waals surface area contributed by atoms with Crippen LogP contribution in [0.15, 0.2) is 59.1 Å². The quantitative estimate of drug-likeness (QED) is 0.732. The van der Waals surface area contributed by atoms with Gasteiger partial charge in [-0.1, -0.05) is 59.8 Å². The number of allylic oxidation sites excluding steroid dienone is 1. The number of halogens is 2. The fourth-order valence-corrected chi connectivity index (χ4v) is 5.07. The standard InChI is InChI=1S/C21H17ClFN3OS/c22-17-7-4-8-18(23)20(17)15-9-19(27)26-12-25(11-14-5-2-1-3-6-14)13-28-21(26)16(15)10-24/h1-8,15H,9,11-13H2/t15-/m1/s1. The Balaban J connectivity index is 1.64. The number of nitriles is 1. The molecule has 0 radical (unpaired) electrons. The van der Waals surface area contributed by atoms with Gasteiger partial charge in [-0.15, -0.1) is 0 Å². The topological polar surface area (TPSA) is 47.3 Å². The van der Waals surface area contributed by atoms with Crippen LogP contribution >= 0.6 is 23.4 Å². The van der Waals surface area contributed by atoms with Gasteiger partial charge >= 0.3 is 0 Å². The second kappa shape index (κ2) is 7.96. The van der Waals surface area contributed by atoms with E-state index in [0.717, 1.165) is 12.1 Å². The number of hydrogen-bond acceptors (Lipinski definition) is 4. The van der Waals surface area contributed by atoms with Crippen LogP contribution in [0.1, 0.15) is 23.5 Å². The van der Waals surface area contributed by atoms with Gasteiger partial charge in [0.15, 0.2) is 0 Å². The molecular formula is C21H17ClFN3OS. The first-order valence-corrected chi connectivity index (χ1v) is 10.2. The molecule has 2 aliphatic rings. The SMILES string of the molecule is N#CC1=C2SCN(Cc3ccccc3)CN2C(=O)C[C@H]1c1c(F)cccc1Cl. The summed E-state index contributed by atoms with van der Waals surface area (Å²) in [6, 6.07) is 16.7. The third-order valence-corrected chi connectivity index (χ3v) is 6.48. The second-order valence-electron chi connectivity index (χ2n) is 6.77. The zero-order chi connectivity index (χ0) is 19.7. The molecule has 0 unspecified atom stereocenters. The molecule has 2 heterocycles. The molecule has 0 aliphatic carbocycles. The molecule has 2 aromatic rings. The molecule has 1 amide bonds. The second-order valence-corrected chi connectivity index (χ2v) is 8.11. The number of thioether (sulfide) groups is 1. The Morgan fingerprint density at radius 1 is 1.21 bits per heavy atom. The van der Waals surface area contributed by atoms with E-state index in [9.17, 15) is 14.4 Å². The molecule has 7 heteroatoms. The van der Waals surface area contributed by atoms with E-state index in [4.69, 9.17) is 11.6 Å². The molecule has 0 spiro atoms. The number of fused-ring (bicyclic) bond motifs is 1. The Morgan fingerprint density at radius 3 is 2.71 bits per heavy atom. The normalized spacial score (nSPS) is 20.1. The minimum Gasteiger partial charge on any atom is -0.292 e. The number of amides is 1. The van der Waals surface area contributed by atoms with Crippen LogP contribution in [0, 0.1) is 17.1 Å². The van der Waals surface area contributed by atoms with E-state index in [-0.39, 0.29) is 22.9 Å². The molecule has 0 aromatic heterocycles. The summed E-state index contributed by atoms with van der Waals surface area (Å²) in [6.45, 7) is 1.13. The van der Waals surface area contributed by atoms with E-state index >= 15 is 0 Å². The zero-order valence-corrected chi connectivity index (χ0v) is 16.5. The van der Waals surface area contributed by atoms with Crippen molar-refractivity contribution in [3.05, 3.63) is 81.1 Å². The van der Waals surface area contributed by atoms with Crippen LogP contribution in [0.3, 0.4) is 0 Å². The van der Waals surface area contributed by atoms with E-state index in [1.807, 2.05) is 30.3 Å². The molecule has 4 nitrogen and oxygen atoms in total. The number of benzene rings is 2. The van der Waals surface area contributed by atoms with Crippen LogP contribution in [-0.2, 0) is 11.3 Å². The Bertz CT molecular complexity index is 969.